The number of nitrogens with one attached hydrogen (secondary N) is 1. The lowest BCUT2D eigenvalue weighted by atomic mass is 10.3. The number of aliphatic hydroxyl groups is 2. The minimum Gasteiger partial charge on any atom is -0.394 e. The van der Waals surface area contributed by atoms with Crippen molar-refractivity contribution in [3.8, 4) is 0 Å². The normalized spacial score (nSPS) is 12.9. The van der Waals surface area contributed by atoms with Gasteiger partial charge in [-0.2, -0.15) is 0 Å². The maximum Gasteiger partial charge on any atom is 0.181 e. The van der Waals surface area contributed by atoms with E-state index in [1.165, 1.54) is 11.3 Å². The van der Waals surface area contributed by atoms with Crippen LogP contribution in [-0.2, 0) is 0 Å². The van der Waals surface area contributed by atoms with Crippen molar-refractivity contribution in [2.75, 3.05) is 24.2 Å². The molecule has 1 atom stereocenters. The average Bonchev–Trinajstić information content (AvgIpc) is 2.65. The summed E-state index contributed by atoms with van der Waals surface area (Å²) in [6.45, 7) is 0.0561. The first kappa shape index (κ1) is 11.1. The van der Waals surface area contributed by atoms with E-state index < -0.39 is 6.10 Å². The van der Waals surface area contributed by atoms with E-state index in [1.54, 1.807) is 0 Å². The Morgan fingerprint density at radius 3 is 3.06 bits per heavy atom. The molecule has 86 valence electrons. The minimum atomic E-state index is -0.754. The lowest BCUT2D eigenvalue weighted by Crippen LogP contribution is -2.22. The molecule has 0 spiro atoms. The molecular weight excluding hydrogens is 226 g/mol. The van der Waals surface area contributed by atoms with Gasteiger partial charge in [-0.05, 0) is 18.2 Å². The summed E-state index contributed by atoms with van der Waals surface area (Å²) in [5.41, 5.74) is 7.29. The zero-order valence-electron chi connectivity index (χ0n) is 8.55. The van der Waals surface area contributed by atoms with Crippen LogP contribution in [0.2, 0.25) is 0 Å². The van der Waals surface area contributed by atoms with Crippen molar-refractivity contribution in [3.05, 3.63) is 18.2 Å². The van der Waals surface area contributed by atoms with E-state index in [4.69, 9.17) is 10.8 Å². The molecule has 2 aromatic rings. The predicted molar refractivity (Wildman–Crippen MR) is 65.6 cm³/mol. The maximum atomic E-state index is 9.19. The number of thiazole rings is 1. The van der Waals surface area contributed by atoms with E-state index in [9.17, 15) is 5.11 Å². The monoisotopic (exact) mass is 239 g/mol. The van der Waals surface area contributed by atoms with Crippen molar-refractivity contribution in [3.63, 3.8) is 0 Å². The molecule has 0 fully saturated rings. The van der Waals surface area contributed by atoms with Gasteiger partial charge in [0, 0.05) is 12.2 Å². The number of aromatic nitrogens is 1. The summed E-state index contributed by atoms with van der Waals surface area (Å²) in [6.07, 6.45) is -0.754. The molecule has 0 bridgehead atoms. The van der Waals surface area contributed by atoms with Gasteiger partial charge in [-0.15, -0.1) is 0 Å². The van der Waals surface area contributed by atoms with Crippen LogP contribution in [0.5, 0.6) is 0 Å². The third-order valence-corrected chi connectivity index (χ3v) is 3.02. The number of hydrogen-bond donors (Lipinski definition) is 4. The van der Waals surface area contributed by atoms with Gasteiger partial charge < -0.3 is 21.3 Å². The first-order valence-electron chi connectivity index (χ1n) is 4.88. The van der Waals surface area contributed by atoms with Crippen LogP contribution in [0.4, 0.5) is 10.8 Å². The number of nitrogen functional groups attached to an aromatic ring is 1. The second kappa shape index (κ2) is 4.65. The van der Waals surface area contributed by atoms with Crippen molar-refractivity contribution >= 4 is 32.4 Å². The van der Waals surface area contributed by atoms with E-state index in [0.717, 1.165) is 15.9 Å². The van der Waals surface area contributed by atoms with Crippen LogP contribution < -0.4 is 11.1 Å². The number of rotatable bonds is 4. The third kappa shape index (κ3) is 2.41. The van der Waals surface area contributed by atoms with Gasteiger partial charge in [0.15, 0.2) is 5.13 Å². The number of hydrogen-bond acceptors (Lipinski definition) is 6. The minimum absolute atomic E-state index is 0.251. The number of nitrogens with zero attached hydrogens (tertiary/aromatic N) is 1. The fraction of sp³-hybridized carbons (Fsp3) is 0.300. The highest BCUT2D eigenvalue weighted by Crippen LogP contribution is 2.25. The number of aliphatic hydroxyl groups excluding tert-OH is 2. The zero-order chi connectivity index (χ0) is 11.5. The van der Waals surface area contributed by atoms with E-state index in [1.807, 2.05) is 18.2 Å². The Balaban J connectivity index is 2.13. The molecule has 5 nitrogen and oxygen atoms in total. The summed E-state index contributed by atoms with van der Waals surface area (Å²) < 4.78 is 1.03. The smallest absolute Gasteiger partial charge is 0.181 e. The van der Waals surface area contributed by atoms with Gasteiger partial charge in [0.05, 0.1) is 22.9 Å². The molecule has 0 aliphatic rings. The lowest BCUT2D eigenvalue weighted by Gasteiger charge is -2.09. The summed E-state index contributed by atoms with van der Waals surface area (Å²) in [7, 11) is 0. The Morgan fingerprint density at radius 1 is 1.50 bits per heavy atom. The first-order valence-corrected chi connectivity index (χ1v) is 5.69. The van der Waals surface area contributed by atoms with Crippen molar-refractivity contribution in [2.45, 2.75) is 6.10 Å². The average molecular weight is 239 g/mol. The Hall–Kier alpha value is -1.37. The van der Waals surface area contributed by atoms with Crippen molar-refractivity contribution < 1.29 is 10.2 Å². The van der Waals surface area contributed by atoms with Crippen LogP contribution in [-0.4, -0.2) is 34.5 Å². The highest BCUT2D eigenvalue weighted by atomic mass is 32.1. The van der Waals surface area contributed by atoms with E-state index >= 15 is 0 Å². The third-order valence-electron chi connectivity index (χ3n) is 2.16. The second-order valence-corrected chi connectivity index (χ2v) is 4.51. The summed E-state index contributed by atoms with van der Waals surface area (Å²) in [6, 6.07) is 5.69. The van der Waals surface area contributed by atoms with Crippen molar-refractivity contribution in [2.24, 2.45) is 0 Å². The Kier molecular flexibility index (Phi) is 3.23. The van der Waals surface area contributed by atoms with Crippen LogP contribution in [0.3, 0.4) is 0 Å². The topological polar surface area (TPSA) is 91.4 Å². The molecule has 1 unspecified atom stereocenters. The quantitative estimate of drug-likeness (QED) is 0.628. The highest BCUT2D eigenvalue weighted by Gasteiger charge is 2.04. The van der Waals surface area contributed by atoms with Gasteiger partial charge in [-0.25, -0.2) is 4.98 Å². The van der Waals surface area contributed by atoms with Crippen LogP contribution in [0.1, 0.15) is 0 Å². The Morgan fingerprint density at radius 2 is 2.31 bits per heavy atom. The molecule has 1 aromatic heterocycles. The van der Waals surface area contributed by atoms with Crippen molar-refractivity contribution in [1.82, 2.24) is 4.98 Å². The van der Waals surface area contributed by atoms with Gasteiger partial charge in [0.1, 0.15) is 0 Å². The molecule has 0 saturated carbocycles. The Bertz CT molecular complexity index is 486. The molecule has 0 amide bonds. The molecule has 2 rings (SSSR count). The zero-order valence-corrected chi connectivity index (χ0v) is 9.37. The number of nitrogens with two attached hydrogens (primary N) is 1. The fourth-order valence-electron chi connectivity index (χ4n) is 1.36. The molecule has 0 aliphatic heterocycles. The fourth-order valence-corrected chi connectivity index (χ4v) is 2.07. The molecular formula is C10H13N3O2S. The van der Waals surface area contributed by atoms with E-state index in [-0.39, 0.29) is 6.61 Å². The number of anilines is 2. The highest BCUT2D eigenvalue weighted by molar-refractivity contribution is 7.22. The summed E-state index contributed by atoms with van der Waals surface area (Å²) in [5, 5.41) is 21.4. The van der Waals surface area contributed by atoms with Crippen LogP contribution >= 0.6 is 11.3 Å². The number of benzene rings is 1. The first-order chi connectivity index (χ1) is 7.69. The largest absolute Gasteiger partial charge is 0.394 e. The molecule has 1 aromatic carbocycles. The summed E-state index contributed by atoms with van der Waals surface area (Å²) >= 11 is 1.44. The van der Waals surface area contributed by atoms with Gasteiger partial charge in [-0.1, -0.05) is 11.3 Å². The molecule has 0 saturated heterocycles. The molecule has 1 heterocycles. The predicted octanol–water partition coefficient (Wildman–Crippen LogP) is 0.644. The summed E-state index contributed by atoms with van der Waals surface area (Å²) in [5.74, 6) is 0. The molecule has 5 N–H and O–H groups in total. The molecule has 0 radical (unpaired) electrons. The van der Waals surface area contributed by atoms with Crippen LogP contribution in [0, 0.1) is 0 Å². The van der Waals surface area contributed by atoms with Gasteiger partial charge >= 0.3 is 0 Å². The summed E-state index contributed by atoms with van der Waals surface area (Å²) in [4.78, 5) is 4.17. The van der Waals surface area contributed by atoms with Crippen LogP contribution in [0.25, 0.3) is 10.2 Å². The SMILES string of the molecule is Nc1nc2cc(NCC(O)CO)ccc2s1. The molecule has 16 heavy (non-hydrogen) atoms. The second-order valence-electron chi connectivity index (χ2n) is 3.45. The van der Waals surface area contributed by atoms with Crippen molar-refractivity contribution in [1.29, 1.82) is 0 Å². The lowest BCUT2D eigenvalue weighted by molar-refractivity contribution is 0.105. The van der Waals surface area contributed by atoms with Gasteiger partial charge in [0.25, 0.3) is 0 Å². The standard InChI is InChI=1S/C10H13N3O2S/c11-10-13-8-3-6(1-2-9(8)16-10)12-4-7(15)5-14/h1-3,7,12,14-15H,4-5H2,(H2,11,13). The number of fused-ring (bicyclic) bond motifs is 1. The molecule has 6 heteroatoms. The van der Waals surface area contributed by atoms with E-state index in [2.05, 4.69) is 10.3 Å². The van der Waals surface area contributed by atoms with E-state index in [0.29, 0.717) is 11.7 Å². The van der Waals surface area contributed by atoms with Gasteiger partial charge in [-0.3, -0.25) is 0 Å². The van der Waals surface area contributed by atoms with Gasteiger partial charge in [0.2, 0.25) is 0 Å². The maximum absolute atomic E-state index is 9.19. The molecule has 0 aliphatic carbocycles. The van der Waals surface area contributed by atoms with Crippen LogP contribution in [0.15, 0.2) is 18.2 Å². The Labute approximate surface area is 96.5 Å².